The molecule has 0 spiro atoms. The van der Waals surface area contributed by atoms with Gasteiger partial charge in [-0.2, -0.15) is 8.42 Å². The van der Waals surface area contributed by atoms with Gasteiger partial charge < -0.3 is 13.9 Å². The Kier molecular flexibility index (Phi) is 4.28. The molecule has 0 saturated carbocycles. The Bertz CT molecular complexity index is 1050. The smallest absolute Gasteiger partial charge is 0.413 e. The number of halogens is 1. The molecule has 130 valence electrons. The lowest BCUT2D eigenvalue weighted by Gasteiger charge is -2.06. The summed E-state index contributed by atoms with van der Waals surface area (Å²) in [6, 6.07) is 8.78. The molecule has 8 nitrogen and oxygen atoms in total. The molecule has 0 aliphatic heterocycles. The van der Waals surface area contributed by atoms with Gasteiger partial charge in [-0.15, -0.1) is 0 Å². The van der Waals surface area contributed by atoms with E-state index in [1.807, 2.05) is 0 Å². The highest BCUT2D eigenvalue weighted by atomic mass is 32.2. The van der Waals surface area contributed by atoms with Crippen molar-refractivity contribution in [1.82, 2.24) is 9.97 Å². The number of aromatic amines is 1. The Hall–Kier alpha value is -3.14. The number of hydrogen-bond donors (Lipinski definition) is 2. The molecule has 1 aromatic heterocycles. The van der Waals surface area contributed by atoms with Crippen LogP contribution in [0.4, 0.5) is 15.1 Å². The molecule has 2 N–H and O–H groups in total. The first-order valence-corrected chi connectivity index (χ1v) is 8.33. The van der Waals surface area contributed by atoms with Crippen LogP contribution in [0, 0.1) is 5.82 Å². The van der Waals surface area contributed by atoms with Crippen molar-refractivity contribution in [3.8, 4) is 5.75 Å². The minimum atomic E-state index is -4.18. The van der Waals surface area contributed by atoms with Gasteiger partial charge in [-0.1, -0.05) is 6.07 Å². The average molecular weight is 365 g/mol. The lowest BCUT2D eigenvalue weighted by Crippen LogP contribution is -2.11. The second kappa shape index (κ2) is 6.40. The summed E-state index contributed by atoms with van der Waals surface area (Å²) in [5, 5.41) is 2.35. The Morgan fingerprint density at radius 1 is 1.24 bits per heavy atom. The van der Waals surface area contributed by atoms with Crippen LogP contribution in [0.15, 0.2) is 47.4 Å². The number of amides is 1. The zero-order valence-electron chi connectivity index (χ0n) is 12.8. The molecule has 3 rings (SSSR count). The van der Waals surface area contributed by atoms with Gasteiger partial charge in [0.25, 0.3) is 0 Å². The first-order chi connectivity index (χ1) is 11.9. The van der Waals surface area contributed by atoms with E-state index in [9.17, 15) is 17.6 Å². The van der Waals surface area contributed by atoms with E-state index in [1.54, 1.807) is 0 Å². The Morgan fingerprint density at radius 3 is 2.76 bits per heavy atom. The molecule has 1 heterocycles. The SMILES string of the molecule is COC(=O)Nc1nc2ccc(OS(=O)(=O)c3cccc(F)c3)cc2[nH]1. The van der Waals surface area contributed by atoms with Gasteiger partial charge in [-0.25, -0.2) is 14.2 Å². The summed E-state index contributed by atoms with van der Waals surface area (Å²) in [5.41, 5.74) is 0.903. The highest BCUT2D eigenvalue weighted by Gasteiger charge is 2.18. The van der Waals surface area contributed by atoms with Crippen LogP contribution in [-0.2, 0) is 14.9 Å². The van der Waals surface area contributed by atoms with Crippen LogP contribution in [0.2, 0.25) is 0 Å². The van der Waals surface area contributed by atoms with Crippen LogP contribution in [0.1, 0.15) is 0 Å². The quantitative estimate of drug-likeness (QED) is 0.688. The third-order valence-corrected chi connectivity index (χ3v) is 4.39. The standard InChI is InChI=1S/C15H12FN3O5S/c1-23-15(20)19-14-17-12-6-5-10(8-13(12)18-14)24-25(21,22)11-4-2-3-9(16)7-11/h2-8H,1H3,(H2,17,18,19,20). The average Bonchev–Trinajstić information content (AvgIpc) is 2.95. The Morgan fingerprint density at radius 2 is 2.04 bits per heavy atom. The fraction of sp³-hybridized carbons (Fsp3) is 0.0667. The molecule has 0 bridgehead atoms. The minimum absolute atomic E-state index is 0.00466. The summed E-state index contributed by atoms with van der Waals surface area (Å²) < 4.78 is 47.0. The second-order valence-corrected chi connectivity index (χ2v) is 6.42. The maximum absolute atomic E-state index is 13.2. The number of H-pyrrole nitrogens is 1. The number of hydrogen-bond acceptors (Lipinski definition) is 6. The van der Waals surface area contributed by atoms with Gasteiger partial charge in [0.1, 0.15) is 16.5 Å². The van der Waals surface area contributed by atoms with Gasteiger partial charge in [-0.3, -0.25) is 5.32 Å². The van der Waals surface area contributed by atoms with Crippen molar-refractivity contribution in [2.24, 2.45) is 0 Å². The predicted octanol–water partition coefficient (Wildman–Crippen LogP) is 2.65. The van der Waals surface area contributed by atoms with Crippen LogP contribution >= 0.6 is 0 Å². The topological polar surface area (TPSA) is 110 Å². The summed E-state index contributed by atoms with van der Waals surface area (Å²) in [6.07, 6.45) is -0.704. The van der Waals surface area contributed by atoms with E-state index in [1.165, 1.54) is 37.4 Å². The molecule has 25 heavy (non-hydrogen) atoms. The van der Waals surface area contributed by atoms with Crippen molar-refractivity contribution < 1.29 is 26.5 Å². The van der Waals surface area contributed by atoms with Crippen molar-refractivity contribution in [2.75, 3.05) is 12.4 Å². The van der Waals surface area contributed by atoms with E-state index in [0.29, 0.717) is 11.0 Å². The second-order valence-electron chi connectivity index (χ2n) is 4.88. The van der Waals surface area contributed by atoms with E-state index in [4.69, 9.17) is 4.18 Å². The Labute approximate surface area is 141 Å². The van der Waals surface area contributed by atoms with E-state index in [0.717, 1.165) is 12.1 Å². The summed E-state index contributed by atoms with van der Waals surface area (Å²) >= 11 is 0. The number of carbonyl (C=O) groups excluding carboxylic acids is 1. The lowest BCUT2D eigenvalue weighted by molar-refractivity contribution is 0.186. The van der Waals surface area contributed by atoms with E-state index in [2.05, 4.69) is 20.0 Å². The summed E-state index contributed by atoms with van der Waals surface area (Å²) in [5.74, 6) is -0.552. The number of nitrogens with zero attached hydrogens (tertiary/aromatic N) is 1. The first-order valence-electron chi connectivity index (χ1n) is 6.92. The lowest BCUT2D eigenvalue weighted by atomic mass is 10.3. The van der Waals surface area contributed by atoms with Gasteiger partial charge >= 0.3 is 16.2 Å². The third-order valence-electron chi connectivity index (χ3n) is 3.15. The Balaban J connectivity index is 1.87. The molecule has 2 aromatic carbocycles. The van der Waals surface area contributed by atoms with Crippen LogP contribution in [0.25, 0.3) is 11.0 Å². The molecule has 0 radical (unpaired) electrons. The van der Waals surface area contributed by atoms with Gasteiger partial charge in [0.2, 0.25) is 5.95 Å². The molecular weight excluding hydrogens is 353 g/mol. The number of rotatable bonds is 4. The molecule has 0 aliphatic rings. The van der Waals surface area contributed by atoms with Gasteiger partial charge in [0, 0.05) is 6.07 Å². The molecule has 0 aliphatic carbocycles. The van der Waals surface area contributed by atoms with Crippen molar-refractivity contribution in [3.63, 3.8) is 0 Å². The highest BCUT2D eigenvalue weighted by molar-refractivity contribution is 7.87. The summed E-state index contributed by atoms with van der Waals surface area (Å²) in [4.78, 5) is 17.7. The highest BCUT2D eigenvalue weighted by Crippen LogP contribution is 2.24. The zero-order chi connectivity index (χ0) is 18.0. The molecule has 1 amide bonds. The maximum Gasteiger partial charge on any atom is 0.413 e. The summed E-state index contributed by atoms with van der Waals surface area (Å²) in [7, 11) is -2.98. The normalized spacial score (nSPS) is 11.3. The van der Waals surface area contributed by atoms with Gasteiger partial charge in [0.15, 0.2) is 0 Å². The van der Waals surface area contributed by atoms with E-state index >= 15 is 0 Å². The van der Waals surface area contributed by atoms with Crippen LogP contribution in [0.5, 0.6) is 5.75 Å². The number of anilines is 1. The maximum atomic E-state index is 13.2. The fourth-order valence-corrected chi connectivity index (χ4v) is 3.00. The van der Waals surface area contributed by atoms with Crippen LogP contribution < -0.4 is 9.50 Å². The molecule has 0 fully saturated rings. The third kappa shape index (κ3) is 3.69. The molecule has 3 aromatic rings. The number of methoxy groups -OCH3 is 1. The van der Waals surface area contributed by atoms with Crippen molar-refractivity contribution >= 4 is 33.2 Å². The number of nitrogens with one attached hydrogen (secondary N) is 2. The largest absolute Gasteiger partial charge is 0.453 e. The number of carbonyl (C=O) groups is 1. The zero-order valence-corrected chi connectivity index (χ0v) is 13.6. The molecular formula is C15H12FN3O5S. The predicted molar refractivity (Wildman–Crippen MR) is 86.3 cm³/mol. The summed E-state index contributed by atoms with van der Waals surface area (Å²) in [6.45, 7) is 0. The molecule has 0 unspecified atom stereocenters. The van der Waals surface area contributed by atoms with Crippen LogP contribution in [-0.4, -0.2) is 31.6 Å². The van der Waals surface area contributed by atoms with Crippen molar-refractivity contribution in [3.05, 3.63) is 48.3 Å². The van der Waals surface area contributed by atoms with E-state index in [-0.39, 0.29) is 16.6 Å². The number of imidazole rings is 1. The monoisotopic (exact) mass is 365 g/mol. The number of fused-ring (bicyclic) bond motifs is 1. The van der Waals surface area contributed by atoms with Gasteiger partial charge in [0.05, 0.1) is 18.1 Å². The first kappa shape index (κ1) is 16.7. The van der Waals surface area contributed by atoms with Crippen molar-refractivity contribution in [1.29, 1.82) is 0 Å². The van der Waals surface area contributed by atoms with Gasteiger partial charge in [-0.05, 0) is 30.3 Å². The number of aromatic nitrogens is 2. The molecule has 0 atom stereocenters. The van der Waals surface area contributed by atoms with Crippen molar-refractivity contribution in [2.45, 2.75) is 4.90 Å². The fourth-order valence-electron chi connectivity index (χ4n) is 2.04. The van der Waals surface area contributed by atoms with Crippen LogP contribution in [0.3, 0.4) is 0 Å². The minimum Gasteiger partial charge on any atom is -0.453 e. The van der Waals surface area contributed by atoms with E-state index < -0.39 is 22.0 Å². The number of benzene rings is 2. The molecule has 0 saturated heterocycles. The number of ether oxygens (including phenoxy) is 1. The molecule has 10 heteroatoms.